The minimum atomic E-state index is -0.378. The Kier molecular flexibility index (Phi) is 5.72. The molecule has 29 heavy (non-hydrogen) atoms. The van der Waals surface area contributed by atoms with Crippen LogP contribution in [0.2, 0.25) is 5.02 Å². The van der Waals surface area contributed by atoms with Crippen molar-refractivity contribution < 1.29 is 9.53 Å². The predicted octanol–water partition coefficient (Wildman–Crippen LogP) is 4.28. The van der Waals surface area contributed by atoms with Gasteiger partial charge in [0.05, 0.1) is 18.9 Å². The first-order valence-corrected chi connectivity index (χ1v) is 10.9. The zero-order chi connectivity index (χ0) is 20.5. The van der Waals surface area contributed by atoms with E-state index in [0.717, 1.165) is 45.9 Å². The number of nitrogens with one attached hydrogen (secondary N) is 1. The third-order valence-corrected chi connectivity index (χ3v) is 6.83. The minimum Gasteiger partial charge on any atom is -0.497 e. The molecule has 0 saturated heterocycles. The number of benzene rings is 2. The van der Waals surface area contributed by atoms with E-state index in [1.807, 2.05) is 42.5 Å². The van der Waals surface area contributed by atoms with Crippen molar-refractivity contribution in [1.82, 2.24) is 9.88 Å². The first-order valence-electron chi connectivity index (χ1n) is 9.13. The third kappa shape index (κ3) is 3.95. The SMILES string of the molecule is COc1ccc(C2c3[nH]c4ccc(Cl)cc4c3CCN2C(=S)SCC(N)=O)cc1. The zero-order valence-electron chi connectivity index (χ0n) is 15.8. The molecule has 0 aliphatic carbocycles. The van der Waals surface area contributed by atoms with Crippen LogP contribution in [0.25, 0.3) is 10.9 Å². The molecule has 4 rings (SSSR count). The van der Waals surface area contributed by atoms with Crippen LogP contribution < -0.4 is 10.5 Å². The molecule has 2 aromatic carbocycles. The number of rotatable bonds is 4. The van der Waals surface area contributed by atoms with E-state index in [4.69, 9.17) is 34.3 Å². The fourth-order valence-electron chi connectivity index (χ4n) is 3.81. The van der Waals surface area contributed by atoms with Gasteiger partial charge in [-0.3, -0.25) is 4.79 Å². The molecule has 1 aliphatic heterocycles. The lowest BCUT2D eigenvalue weighted by Crippen LogP contribution is -2.39. The Hall–Kier alpha value is -2.22. The number of hydrogen-bond acceptors (Lipinski definition) is 4. The van der Waals surface area contributed by atoms with E-state index in [1.165, 1.54) is 17.3 Å². The quantitative estimate of drug-likeness (QED) is 0.586. The van der Waals surface area contributed by atoms with Crippen molar-refractivity contribution in [2.45, 2.75) is 12.5 Å². The Morgan fingerprint density at radius 1 is 1.34 bits per heavy atom. The van der Waals surface area contributed by atoms with Gasteiger partial charge in [-0.05, 0) is 47.9 Å². The smallest absolute Gasteiger partial charge is 0.227 e. The van der Waals surface area contributed by atoms with E-state index in [1.54, 1.807) is 7.11 Å². The summed E-state index contributed by atoms with van der Waals surface area (Å²) in [6, 6.07) is 13.8. The molecule has 1 unspecified atom stereocenters. The highest BCUT2D eigenvalue weighted by Gasteiger charge is 2.33. The fourth-order valence-corrected chi connectivity index (χ4v) is 4.98. The van der Waals surface area contributed by atoms with Gasteiger partial charge in [-0.25, -0.2) is 0 Å². The van der Waals surface area contributed by atoms with Crippen molar-refractivity contribution in [3.63, 3.8) is 0 Å². The lowest BCUT2D eigenvalue weighted by molar-refractivity contribution is -0.115. The predicted molar refractivity (Wildman–Crippen MR) is 123 cm³/mol. The highest BCUT2D eigenvalue weighted by Crippen LogP contribution is 2.40. The van der Waals surface area contributed by atoms with Gasteiger partial charge in [0.15, 0.2) is 0 Å². The van der Waals surface area contributed by atoms with Gasteiger partial charge in [-0.15, -0.1) is 0 Å². The number of thiocarbonyl (C=S) groups is 1. The summed E-state index contributed by atoms with van der Waals surface area (Å²) in [6.07, 6.45) is 0.833. The van der Waals surface area contributed by atoms with E-state index in [-0.39, 0.29) is 17.7 Å². The van der Waals surface area contributed by atoms with Crippen molar-refractivity contribution >= 4 is 56.7 Å². The molecule has 150 valence electrons. The molecule has 0 fully saturated rings. The van der Waals surface area contributed by atoms with Gasteiger partial charge in [-0.2, -0.15) is 0 Å². The summed E-state index contributed by atoms with van der Waals surface area (Å²) >= 11 is 13.2. The summed E-state index contributed by atoms with van der Waals surface area (Å²) in [5, 5.41) is 1.86. The van der Waals surface area contributed by atoms with Gasteiger partial charge < -0.3 is 20.4 Å². The lowest BCUT2D eigenvalue weighted by atomic mass is 9.93. The molecule has 5 nitrogen and oxygen atoms in total. The molecule has 1 atom stereocenters. The Morgan fingerprint density at radius 3 is 2.79 bits per heavy atom. The second-order valence-corrected chi connectivity index (χ2v) is 8.89. The van der Waals surface area contributed by atoms with Crippen LogP contribution in [0.15, 0.2) is 42.5 Å². The standard InChI is InChI=1S/C21H20ClN3O2S2/c1-27-14-5-2-12(3-6-14)20-19-15(16-10-13(22)4-7-17(16)24-19)8-9-25(20)21(28)29-11-18(23)26/h2-7,10,20,24H,8-9,11H2,1H3,(H2,23,26). The number of fused-ring (bicyclic) bond motifs is 3. The highest BCUT2D eigenvalue weighted by molar-refractivity contribution is 8.23. The Labute approximate surface area is 183 Å². The van der Waals surface area contributed by atoms with E-state index >= 15 is 0 Å². The lowest BCUT2D eigenvalue weighted by Gasteiger charge is -2.37. The van der Waals surface area contributed by atoms with Gasteiger partial charge in [-0.1, -0.05) is 47.7 Å². The van der Waals surface area contributed by atoms with Crippen LogP contribution >= 0.6 is 35.6 Å². The van der Waals surface area contributed by atoms with Crippen LogP contribution in [0, 0.1) is 0 Å². The van der Waals surface area contributed by atoms with Crippen molar-refractivity contribution in [1.29, 1.82) is 0 Å². The Morgan fingerprint density at radius 2 is 2.10 bits per heavy atom. The number of amides is 1. The largest absolute Gasteiger partial charge is 0.497 e. The summed E-state index contributed by atoms with van der Waals surface area (Å²) < 4.78 is 5.97. The van der Waals surface area contributed by atoms with Crippen LogP contribution in [0.5, 0.6) is 5.75 Å². The second kappa shape index (κ2) is 8.26. The van der Waals surface area contributed by atoms with Crippen molar-refractivity contribution in [2.24, 2.45) is 5.73 Å². The third-order valence-electron chi connectivity index (χ3n) is 5.09. The number of primary amides is 1. The molecule has 1 aliphatic rings. The summed E-state index contributed by atoms with van der Waals surface area (Å²) in [5.74, 6) is 0.585. The number of ether oxygens (including phenoxy) is 1. The first kappa shape index (κ1) is 20.1. The molecule has 0 radical (unpaired) electrons. The van der Waals surface area contributed by atoms with Crippen molar-refractivity contribution in [3.8, 4) is 5.75 Å². The maximum absolute atomic E-state index is 11.2. The fraction of sp³-hybridized carbons (Fsp3) is 0.238. The molecule has 0 bridgehead atoms. The van der Waals surface area contributed by atoms with Crippen molar-refractivity contribution in [2.75, 3.05) is 19.4 Å². The average molecular weight is 446 g/mol. The van der Waals surface area contributed by atoms with Gasteiger partial charge in [0, 0.05) is 28.2 Å². The summed E-state index contributed by atoms with van der Waals surface area (Å²) in [6.45, 7) is 0.744. The molecule has 0 saturated carbocycles. The monoisotopic (exact) mass is 445 g/mol. The molecule has 1 amide bonds. The molecule has 3 N–H and O–H groups in total. The number of aromatic nitrogens is 1. The van der Waals surface area contributed by atoms with Crippen molar-refractivity contribution in [3.05, 3.63) is 64.3 Å². The second-order valence-electron chi connectivity index (χ2n) is 6.85. The molecule has 3 aromatic rings. The first-order chi connectivity index (χ1) is 14.0. The number of thioether (sulfide) groups is 1. The van der Waals surface area contributed by atoms with Gasteiger partial charge >= 0.3 is 0 Å². The number of halogens is 1. The molecular weight excluding hydrogens is 426 g/mol. The van der Waals surface area contributed by atoms with Gasteiger partial charge in [0.2, 0.25) is 5.91 Å². The molecule has 8 heteroatoms. The summed E-state index contributed by atoms with van der Waals surface area (Å²) in [4.78, 5) is 17.0. The minimum absolute atomic E-state index is 0.0938. The van der Waals surface area contributed by atoms with Crippen LogP contribution in [-0.4, -0.2) is 39.5 Å². The Balaban J connectivity index is 1.80. The maximum atomic E-state index is 11.2. The van der Waals surface area contributed by atoms with Crippen LogP contribution in [-0.2, 0) is 11.2 Å². The number of H-pyrrole nitrogens is 1. The number of carbonyl (C=O) groups is 1. The number of aromatic amines is 1. The normalized spacial score (nSPS) is 15.9. The number of carbonyl (C=O) groups excluding carboxylic acids is 1. The van der Waals surface area contributed by atoms with Crippen LogP contribution in [0.3, 0.4) is 0 Å². The van der Waals surface area contributed by atoms with E-state index in [9.17, 15) is 4.79 Å². The topological polar surface area (TPSA) is 71.3 Å². The van der Waals surface area contributed by atoms with E-state index in [0.29, 0.717) is 4.32 Å². The van der Waals surface area contributed by atoms with Crippen LogP contribution in [0.1, 0.15) is 22.9 Å². The van der Waals surface area contributed by atoms with Gasteiger partial charge in [0.1, 0.15) is 10.1 Å². The summed E-state index contributed by atoms with van der Waals surface area (Å²) in [5.41, 5.74) is 9.81. The molecule has 0 spiro atoms. The van der Waals surface area contributed by atoms with Gasteiger partial charge in [0.25, 0.3) is 0 Å². The van der Waals surface area contributed by atoms with E-state index < -0.39 is 0 Å². The highest BCUT2D eigenvalue weighted by atomic mass is 35.5. The maximum Gasteiger partial charge on any atom is 0.227 e. The molecule has 2 heterocycles. The number of nitrogens with two attached hydrogens (primary N) is 1. The number of methoxy groups -OCH3 is 1. The van der Waals surface area contributed by atoms with E-state index in [2.05, 4.69) is 9.88 Å². The van der Waals surface area contributed by atoms with Crippen LogP contribution in [0.4, 0.5) is 0 Å². The Bertz CT molecular complexity index is 1080. The zero-order valence-corrected chi connectivity index (χ0v) is 18.2. The number of nitrogens with zero attached hydrogens (tertiary/aromatic N) is 1. The average Bonchev–Trinajstić information content (AvgIpc) is 3.09. The number of hydrogen-bond donors (Lipinski definition) is 2. The molecule has 1 aromatic heterocycles. The molecular formula is C21H20ClN3O2S2. The summed E-state index contributed by atoms with van der Waals surface area (Å²) in [7, 11) is 1.65.